The first-order valence-electron chi connectivity index (χ1n) is 8.85. The average Bonchev–Trinajstić information content (AvgIpc) is 2.70. The van der Waals surface area contributed by atoms with Crippen molar-refractivity contribution < 1.29 is 14.4 Å². The highest BCUT2D eigenvalue weighted by Crippen LogP contribution is 2.29. The number of hydrogen-bond donors (Lipinski definition) is 1. The van der Waals surface area contributed by atoms with Crippen LogP contribution in [-0.4, -0.2) is 29.2 Å². The molecule has 1 aliphatic rings. The van der Waals surface area contributed by atoms with Crippen molar-refractivity contribution in [1.29, 1.82) is 0 Å². The van der Waals surface area contributed by atoms with E-state index >= 15 is 0 Å². The molecule has 0 fully saturated rings. The smallest absolute Gasteiger partial charge is 0.261 e. The van der Waals surface area contributed by atoms with E-state index < -0.39 is 17.7 Å². The summed E-state index contributed by atoms with van der Waals surface area (Å²) < 4.78 is 0. The molecule has 0 bridgehead atoms. The van der Waals surface area contributed by atoms with Crippen molar-refractivity contribution in [1.82, 2.24) is 4.90 Å². The Morgan fingerprint density at radius 1 is 0.889 bits per heavy atom. The second kappa shape index (κ2) is 6.68. The minimum Gasteiger partial charge on any atom is -0.325 e. The fourth-order valence-corrected chi connectivity index (χ4v) is 3.39. The summed E-state index contributed by atoms with van der Waals surface area (Å²) >= 11 is 0. The van der Waals surface area contributed by atoms with Crippen LogP contribution >= 0.6 is 0 Å². The number of imide groups is 1. The Hall–Kier alpha value is -3.47. The van der Waals surface area contributed by atoms with Gasteiger partial charge >= 0.3 is 0 Å². The quantitative estimate of drug-likeness (QED) is 0.724. The molecular weight excluding hydrogens is 340 g/mol. The molecule has 5 heteroatoms. The lowest BCUT2D eigenvalue weighted by atomic mass is 9.94. The van der Waals surface area contributed by atoms with Gasteiger partial charge in [0.15, 0.2) is 0 Å². The van der Waals surface area contributed by atoms with Crippen LogP contribution in [0.5, 0.6) is 0 Å². The van der Waals surface area contributed by atoms with Gasteiger partial charge in [-0.2, -0.15) is 0 Å². The molecule has 134 valence electrons. The van der Waals surface area contributed by atoms with Crippen molar-refractivity contribution >= 4 is 34.2 Å². The lowest BCUT2D eigenvalue weighted by molar-refractivity contribution is -0.116. The van der Waals surface area contributed by atoms with Gasteiger partial charge in [-0.1, -0.05) is 43.3 Å². The number of amides is 3. The molecule has 3 aromatic carbocycles. The highest BCUT2D eigenvalue weighted by atomic mass is 16.2. The summed E-state index contributed by atoms with van der Waals surface area (Å²) in [7, 11) is 0. The van der Waals surface area contributed by atoms with Crippen LogP contribution in [0, 0.1) is 0 Å². The topological polar surface area (TPSA) is 66.5 Å². The van der Waals surface area contributed by atoms with Crippen LogP contribution in [0.15, 0.2) is 60.7 Å². The van der Waals surface area contributed by atoms with Gasteiger partial charge in [0.2, 0.25) is 5.91 Å². The Bertz CT molecular complexity index is 1020. The molecule has 3 aromatic rings. The van der Waals surface area contributed by atoms with Crippen LogP contribution < -0.4 is 5.32 Å². The number of carbonyl (C=O) groups excluding carboxylic acids is 3. The zero-order chi connectivity index (χ0) is 19.0. The summed E-state index contributed by atoms with van der Waals surface area (Å²) in [5, 5.41) is 4.24. The minimum absolute atomic E-state index is 0.322. The van der Waals surface area contributed by atoms with E-state index in [1.165, 1.54) is 5.56 Å². The largest absolute Gasteiger partial charge is 0.325 e. The van der Waals surface area contributed by atoms with Gasteiger partial charge in [0.1, 0.15) is 6.54 Å². The Morgan fingerprint density at radius 2 is 1.48 bits per heavy atom. The molecule has 0 radical (unpaired) electrons. The van der Waals surface area contributed by atoms with E-state index in [9.17, 15) is 14.4 Å². The Labute approximate surface area is 156 Å². The van der Waals surface area contributed by atoms with Gasteiger partial charge in [0.05, 0.1) is 0 Å². The number of nitrogens with zero attached hydrogens (tertiary/aromatic N) is 1. The molecule has 1 heterocycles. The van der Waals surface area contributed by atoms with Crippen LogP contribution in [0.4, 0.5) is 5.69 Å². The van der Waals surface area contributed by atoms with E-state index in [4.69, 9.17) is 0 Å². The van der Waals surface area contributed by atoms with E-state index in [2.05, 4.69) is 12.2 Å². The van der Waals surface area contributed by atoms with Crippen molar-refractivity contribution in [2.75, 3.05) is 11.9 Å². The van der Waals surface area contributed by atoms with Crippen LogP contribution in [0.25, 0.3) is 10.8 Å². The molecule has 0 aliphatic carbocycles. The van der Waals surface area contributed by atoms with Crippen molar-refractivity contribution in [3.05, 3.63) is 77.4 Å². The zero-order valence-electron chi connectivity index (χ0n) is 14.9. The molecule has 0 saturated carbocycles. The van der Waals surface area contributed by atoms with Gasteiger partial charge in [-0.05, 0) is 41.6 Å². The second-order valence-corrected chi connectivity index (χ2v) is 6.50. The van der Waals surface area contributed by atoms with Gasteiger partial charge in [0.25, 0.3) is 11.8 Å². The molecule has 5 nitrogen and oxygen atoms in total. The van der Waals surface area contributed by atoms with Gasteiger partial charge in [-0.25, -0.2) is 0 Å². The standard InChI is InChI=1S/C22H18N2O3/c1-2-14-9-11-16(12-10-14)23-19(25)13-24-21(26)17-7-3-5-15-6-4-8-18(20(15)17)22(24)27/h3-12H,2,13H2,1H3,(H,23,25). The predicted molar refractivity (Wildman–Crippen MR) is 104 cm³/mol. The molecule has 4 rings (SSSR count). The first kappa shape index (κ1) is 17.0. The third-order valence-electron chi connectivity index (χ3n) is 4.80. The molecule has 27 heavy (non-hydrogen) atoms. The summed E-state index contributed by atoms with van der Waals surface area (Å²) in [6, 6.07) is 18.2. The number of hydrogen-bond acceptors (Lipinski definition) is 3. The number of rotatable bonds is 4. The lowest BCUT2D eigenvalue weighted by Gasteiger charge is -2.26. The van der Waals surface area contributed by atoms with Crippen LogP contribution in [0.3, 0.4) is 0 Å². The maximum absolute atomic E-state index is 12.8. The fraction of sp³-hybridized carbons (Fsp3) is 0.136. The molecule has 3 amide bonds. The fourth-order valence-electron chi connectivity index (χ4n) is 3.39. The van der Waals surface area contributed by atoms with Gasteiger partial charge in [-0.15, -0.1) is 0 Å². The summed E-state index contributed by atoms with van der Waals surface area (Å²) in [6.07, 6.45) is 0.913. The maximum Gasteiger partial charge on any atom is 0.261 e. The first-order valence-corrected chi connectivity index (χ1v) is 8.85. The number of anilines is 1. The Kier molecular flexibility index (Phi) is 4.20. The number of benzene rings is 3. The number of nitrogens with one attached hydrogen (secondary N) is 1. The molecule has 1 N–H and O–H groups in total. The van der Waals surface area contributed by atoms with E-state index in [-0.39, 0.29) is 6.54 Å². The number of aryl methyl sites for hydroxylation is 1. The molecule has 0 aromatic heterocycles. The second-order valence-electron chi connectivity index (χ2n) is 6.50. The average molecular weight is 358 g/mol. The molecule has 0 unspecified atom stereocenters. The van der Waals surface area contributed by atoms with Crippen molar-refractivity contribution in [3.63, 3.8) is 0 Å². The molecule has 0 spiro atoms. The summed E-state index contributed by atoms with van der Waals surface area (Å²) in [6.45, 7) is 1.73. The van der Waals surface area contributed by atoms with Crippen molar-refractivity contribution in [2.45, 2.75) is 13.3 Å². The Morgan fingerprint density at radius 3 is 2.04 bits per heavy atom. The normalized spacial score (nSPS) is 13.1. The van der Waals surface area contributed by atoms with Crippen LogP contribution in [-0.2, 0) is 11.2 Å². The third kappa shape index (κ3) is 2.97. The molecule has 0 atom stereocenters. The van der Waals surface area contributed by atoms with E-state index in [1.54, 1.807) is 24.3 Å². The summed E-state index contributed by atoms with van der Waals surface area (Å²) in [4.78, 5) is 39.1. The Balaban J connectivity index is 1.58. The van der Waals surface area contributed by atoms with Gasteiger partial charge < -0.3 is 5.32 Å². The lowest BCUT2D eigenvalue weighted by Crippen LogP contribution is -2.44. The molecule has 0 saturated heterocycles. The van der Waals surface area contributed by atoms with E-state index in [1.807, 2.05) is 36.4 Å². The van der Waals surface area contributed by atoms with Gasteiger partial charge in [-0.3, -0.25) is 19.3 Å². The maximum atomic E-state index is 12.8. The SMILES string of the molecule is CCc1ccc(NC(=O)CN2C(=O)c3cccc4cccc(c34)C2=O)cc1. The molecular formula is C22H18N2O3. The van der Waals surface area contributed by atoms with Crippen molar-refractivity contribution in [2.24, 2.45) is 0 Å². The highest BCUT2D eigenvalue weighted by Gasteiger charge is 2.33. The molecule has 1 aliphatic heterocycles. The zero-order valence-corrected chi connectivity index (χ0v) is 14.9. The van der Waals surface area contributed by atoms with Gasteiger partial charge in [0, 0.05) is 22.2 Å². The van der Waals surface area contributed by atoms with E-state index in [0.717, 1.165) is 16.7 Å². The first-order chi connectivity index (χ1) is 13.1. The van der Waals surface area contributed by atoms with Crippen molar-refractivity contribution in [3.8, 4) is 0 Å². The van der Waals surface area contributed by atoms with E-state index in [0.29, 0.717) is 22.2 Å². The third-order valence-corrected chi connectivity index (χ3v) is 4.80. The minimum atomic E-state index is -0.444. The van der Waals surface area contributed by atoms with Crippen LogP contribution in [0.2, 0.25) is 0 Å². The number of carbonyl (C=O) groups is 3. The van der Waals surface area contributed by atoms with Crippen LogP contribution in [0.1, 0.15) is 33.2 Å². The monoisotopic (exact) mass is 358 g/mol. The predicted octanol–water partition coefficient (Wildman–Crippen LogP) is 3.64. The summed E-state index contributed by atoms with van der Waals surface area (Å²) in [5.41, 5.74) is 2.70. The highest BCUT2D eigenvalue weighted by molar-refractivity contribution is 6.26. The summed E-state index contributed by atoms with van der Waals surface area (Å²) in [5.74, 6) is -1.30.